The number of rotatable bonds is 4. The Hall–Kier alpha value is -3.36. The molecule has 1 spiro atoms. The fraction of sp³-hybridized carbons (Fsp3) is 0.333. The van der Waals surface area contributed by atoms with Gasteiger partial charge in [-0.05, 0) is 13.0 Å². The molecule has 9 heteroatoms. The van der Waals surface area contributed by atoms with E-state index < -0.39 is 30.0 Å². The van der Waals surface area contributed by atoms with Gasteiger partial charge in [-0.15, -0.1) is 0 Å². The summed E-state index contributed by atoms with van der Waals surface area (Å²) >= 11 is 0. The molecule has 0 saturated carbocycles. The molecule has 0 aliphatic carbocycles. The Balaban J connectivity index is 1.48. The minimum atomic E-state index is -1.21. The second-order valence-corrected chi connectivity index (χ2v) is 6.41. The predicted molar refractivity (Wildman–Crippen MR) is 89.5 cm³/mol. The third-order valence-corrected chi connectivity index (χ3v) is 4.60. The normalized spacial score (nSPS) is 21.0. The van der Waals surface area contributed by atoms with E-state index in [1.54, 1.807) is 37.3 Å². The number of hydrogen-bond donors (Lipinski definition) is 1. The van der Waals surface area contributed by atoms with Gasteiger partial charge < -0.3 is 19.3 Å². The molecule has 0 unspecified atom stereocenters. The Labute approximate surface area is 154 Å². The number of aryl methyl sites for hydroxylation is 1. The van der Waals surface area contributed by atoms with Gasteiger partial charge in [0.05, 0.1) is 6.61 Å². The lowest BCUT2D eigenvalue weighted by atomic mass is 9.84. The zero-order valence-corrected chi connectivity index (χ0v) is 14.6. The second-order valence-electron chi connectivity index (χ2n) is 6.41. The molecule has 1 aromatic carbocycles. The zero-order valence-electron chi connectivity index (χ0n) is 14.6. The highest BCUT2D eigenvalue weighted by Gasteiger charge is 2.55. The summed E-state index contributed by atoms with van der Waals surface area (Å²) in [6.45, 7) is 1.43. The fourth-order valence-electron chi connectivity index (χ4n) is 3.33. The summed E-state index contributed by atoms with van der Waals surface area (Å²) in [5.74, 6) is -0.0625. The number of para-hydroxylation sites is 1. The summed E-state index contributed by atoms with van der Waals surface area (Å²) in [5.41, 5.74) is -0.175. The number of urea groups is 1. The van der Waals surface area contributed by atoms with E-state index in [4.69, 9.17) is 14.0 Å². The van der Waals surface area contributed by atoms with E-state index in [0.717, 1.165) is 4.90 Å². The SMILES string of the molecule is Cc1cc(COC(=O)CN2C(=O)N[C@@]3(CCOc4ccccc43)C2=O)no1. The maximum absolute atomic E-state index is 13.0. The highest BCUT2D eigenvalue weighted by atomic mass is 16.5. The van der Waals surface area contributed by atoms with Gasteiger partial charge in [0, 0.05) is 18.1 Å². The molecule has 2 aliphatic rings. The van der Waals surface area contributed by atoms with Crippen LogP contribution >= 0.6 is 0 Å². The van der Waals surface area contributed by atoms with E-state index in [1.807, 2.05) is 0 Å². The maximum atomic E-state index is 13.0. The first-order chi connectivity index (χ1) is 13.0. The molecule has 2 aromatic rings. The summed E-state index contributed by atoms with van der Waals surface area (Å²) < 4.78 is 15.5. The summed E-state index contributed by atoms with van der Waals surface area (Å²) in [4.78, 5) is 38.4. The molecule has 9 nitrogen and oxygen atoms in total. The van der Waals surface area contributed by atoms with Gasteiger partial charge in [0.2, 0.25) is 0 Å². The number of imide groups is 1. The van der Waals surface area contributed by atoms with Crippen LogP contribution in [0.25, 0.3) is 0 Å². The molecule has 140 valence electrons. The van der Waals surface area contributed by atoms with Gasteiger partial charge in [-0.3, -0.25) is 14.5 Å². The quantitative estimate of drug-likeness (QED) is 0.636. The molecular weight excluding hydrogens is 354 g/mol. The Morgan fingerprint density at radius 1 is 1.37 bits per heavy atom. The van der Waals surface area contributed by atoms with Crippen LogP contribution in [0, 0.1) is 6.92 Å². The highest BCUT2D eigenvalue weighted by molar-refractivity contribution is 6.09. The lowest BCUT2D eigenvalue weighted by molar-refractivity contribution is -0.149. The largest absolute Gasteiger partial charge is 0.493 e. The first-order valence-corrected chi connectivity index (χ1v) is 8.44. The Bertz CT molecular complexity index is 923. The first kappa shape index (κ1) is 17.1. The molecule has 0 radical (unpaired) electrons. The molecule has 1 saturated heterocycles. The standard InChI is InChI=1S/C18H17N3O6/c1-11-8-12(20-27-11)10-26-15(22)9-21-16(23)18(19-17(21)24)6-7-25-14-5-3-2-4-13(14)18/h2-5,8H,6-7,9-10H2,1H3,(H,19,24)/t18-/m1/s1. The van der Waals surface area contributed by atoms with Crippen molar-refractivity contribution in [2.75, 3.05) is 13.2 Å². The number of amides is 3. The number of nitrogens with one attached hydrogen (secondary N) is 1. The molecule has 1 atom stereocenters. The van der Waals surface area contributed by atoms with Crippen LogP contribution in [0.5, 0.6) is 5.75 Å². The van der Waals surface area contributed by atoms with Gasteiger partial charge in [-0.25, -0.2) is 4.79 Å². The van der Waals surface area contributed by atoms with Crippen LogP contribution in [0.4, 0.5) is 4.79 Å². The van der Waals surface area contributed by atoms with Gasteiger partial charge in [0.1, 0.15) is 30.4 Å². The van der Waals surface area contributed by atoms with E-state index in [0.29, 0.717) is 29.2 Å². The van der Waals surface area contributed by atoms with Gasteiger partial charge in [-0.1, -0.05) is 23.4 Å². The van der Waals surface area contributed by atoms with E-state index in [2.05, 4.69) is 10.5 Å². The van der Waals surface area contributed by atoms with Gasteiger partial charge in [0.25, 0.3) is 5.91 Å². The minimum absolute atomic E-state index is 0.0956. The van der Waals surface area contributed by atoms with Crippen molar-refractivity contribution in [1.29, 1.82) is 0 Å². The van der Waals surface area contributed by atoms with Crippen LogP contribution in [0.3, 0.4) is 0 Å². The lowest BCUT2D eigenvalue weighted by Crippen LogP contribution is -2.47. The van der Waals surface area contributed by atoms with Crippen LogP contribution in [0.2, 0.25) is 0 Å². The second kappa shape index (κ2) is 6.42. The van der Waals surface area contributed by atoms with Crippen molar-refractivity contribution in [2.24, 2.45) is 0 Å². The van der Waals surface area contributed by atoms with E-state index in [-0.39, 0.29) is 13.2 Å². The summed E-state index contributed by atoms with van der Waals surface area (Å²) in [6.07, 6.45) is 0.290. The van der Waals surface area contributed by atoms with Crippen molar-refractivity contribution in [2.45, 2.75) is 25.5 Å². The molecule has 2 aliphatic heterocycles. The predicted octanol–water partition coefficient (Wildman–Crippen LogP) is 1.26. The summed E-state index contributed by atoms with van der Waals surface area (Å²) in [5, 5.41) is 6.45. The molecule has 1 fully saturated rings. The van der Waals surface area contributed by atoms with E-state index >= 15 is 0 Å². The first-order valence-electron chi connectivity index (χ1n) is 8.44. The lowest BCUT2D eigenvalue weighted by Gasteiger charge is -2.33. The zero-order chi connectivity index (χ0) is 19.0. The number of benzene rings is 1. The molecule has 4 rings (SSSR count). The number of aromatic nitrogens is 1. The van der Waals surface area contributed by atoms with Crippen molar-refractivity contribution < 1.29 is 28.4 Å². The van der Waals surface area contributed by atoms with E-state index in [1.165, 1.54) is 0 Å². The number of nitrogens with zero attached hydrogens (tertiary/aromatic N) is 2. The topological polar surface area (TPSA) is 111 Å². The summed E-state index contributed by atoms with van der Waals surface area (Å²) in [7, 11) is 0. The average molecular weight is 371 g/mol. The van der Waals surface area contributed by atoms with Crippen molar-refractivity contribution in [3.05, 3.63) is 47.3 Å². The van der Waals surface area contributed by atoms with Gasteiger partial charge in [-0.2, -0.15) is 0 Å². The van der Waals surface area contributed by atoms with Crippen LogP contribution in [-0.2, 0) is 26.5 Å². The van der Waals surface area contributed by atoms with Crippen LogP contribution in [-0.4, -0.2) is 41.1 Å². The molecule has 3 heterocycles. The van der Waals surface area contributed by atoms with Gasteiger partial charge >= 0.3 is 12.0 Å². The average Bonchev–Trinajstić information content (AvgIpc) is 3.18. The molecule has 1 N–H and O–H groups in total. The number of hydrogen-bond acceptors (Lipinski definition) is 7. The van der Waals surface area contributed by atoms with Gasteiger partial charge in [0.15, 0.2) is 5.54 Å². The highest BCUT2D eigenvalue weighted by Crippen LogP contribution is 2.40. The Morgan fingerprint density at radius 3 is 2.96 bits per heavy atom. The molecule has 0 bridgehead atoms. The van der Waals surface area contributed by atoms with Crippen LogP contribution in [0.15, 0.2) is 34.9 Å². The molecule has 1 aromatic heterocycles. The van der Waals surface area contributed by atoms with Crippen molar-refractivity contribution in [3.8, 4) is 5.75 Å². The smallest absolute Gasteiger partial charge is 0.326 e. The summed E-state index contributed by atoms with van der Waals surface area (Å²) in [6, 6.07) is 8.04. The third-order valence-electron chi connectivity index (χ3n) is 4.60. The number of ether oxygens (including phenoxy) is 2. The van der Waals surface area contributed by atoms with Crippen LogP contribution < -0.4 is 10.1 Å². The molecule has 3 amide bonds. The van der Waals surface area contributed by atoms with Crippen molar-refractivity contribution >= 4 is 17.9 Å². The maximum Gasteiger partial charge on any atom is 0.326 e. The van der Waals surface area contributed by atoms with Crippen LogP contribution in [0.1, 0.15) is 23.4 Å². The monoisotopic (exact) mass is 371 g/mol. The fourth-order valence-corrected chi connectivity index (χ4v) is 3.33. The number of carbonyl (C=O) groups is 3. The minimum Gasteiger partial charge on any atom is -0.493 e. The van der Waals surface area contributed by atoms with Crippen molar-refractivity contribution in [1.82, 2.24) is 15.4 Å². The number of esters is 1. The third kappa shape index (κ3) is 2.90. The Morgan fingerprint density at radius 2 is 2.19 bits per heavy atom. The molecule has 27 heavy (non-hydrogen) atoms. The molecular formula is C18H17N3O6. The Kier molecular flexibility index (Phi) is 4.06. The number of carbonyl (C=O) groups excluding carboxylic acids is 3. The number of fused-ring (bicyclic) bond motifs is 2. The van der Waals surface area contributed by atoms with Crippen molar-refractivity contribution in [3.63, 3.8) is 0 Å². The van der Waals surface area contributed by atoms with E-state index in [9.17, 15) is 14.4 Å².